The molecule has 1 heteroatoms. The van der Waals surface area contributed by atoms with E-state index in [4.69, 9.17) is 4.74 Å². The monoisotopic (exact) mass is 232 g/mol. The molecule has 0 N–H and O–H groups in total. The largest absolute Gasteiger partial charge is 0.489 e. The van der Waals surface area contributed by atoms with Crippen LogP contribution in [-0.2, 0) is 4.74 Å². The first-order chi connectivity index (χ1) is 8.31. The highest BCUT2D eigenvalue weighted by atomic mass is 16.5. The number of rotatable bonds is 6. The Labute approximate surface area is 105 Å². The fourth-order valence-corrected chi connectivity index (χ4v) is 2.81. The summed E-state index contributed by atoms with van der Waals surface area (Å²) >= 11 is 0. The Morgan fingerprint density at radius 1 is 1.00 bits per heavy atom. The molecule has 0 radical (unpaired) electrons. The molecule has 1 aliphatic heterocycles. The van der Waals surface area contributed by atoms with Crippen molar-refractivity contribution < 1.29 is 4.74 Å². The number of fused-ring (bicyclic) bond motifs is 1. The second-order valence-corrected chi connectivity index (χ2v) is 5.01. The highest BCUT2D eigenvalue weighted by Gasteiger charge is 2.33. The first-order valence-electron chi connectivity index (χ1n) is 7.13. The summed E-state index contributed by atoms with van der Waals surface area (Å²) in [5.74, 6) is 1.26. The van der Waals surface area contributed by atoms with Gasteiger partial charge in [-0.1, -0.05) is 45.8 Å². The molecule has 1 unspecified atom stereocenters. The third kappa shape index (κ3) is 2.34. The third-order valence-electron chi connectivity index (χ3n) is 3.53. The maximum absolute atomic E-state index is 6.16. The molecule has 2 aliphatic rings. The maximum atomic E-state index is 6.16. The lowest BCUT2D eigenvalue weighted by atomic mass is 9.95. The fourth-order valence-electron chi connectivity index (χ4n) is 2.81. The molecule has 17 heavy (non-hydrogen) atoms. The van der Waals surface area contributed by atoms with Gasteiger partial charge >= 0.3 is 0 Å². The minimum absolute atomic E-state index is 0.335. The molecule has 94 valence electrons. The predicted molar refractivity (Wildman–Crippen MR) is 72.8 cm³/mol. The first kappa shape index (κ1) is 12.5. The molecule has 0 bridgehead atoms. The molecule has 0 spiro atoms. The van der Waals surface area contributed by atoms with E-state index in [-0.39, 0.29) is 0 Å². The van der Waals surface area contributed by atoms with Gasteiger partial charge in [-0.25, -0.2) is 0 Å². The zero-order chi connectivity index (χ0) is 12.3. The number of ether oxygens (including phenoxy) is 1. The molecule has 0 amide bonds. The SMILES string of the molecule is CCCC1=CC=C2C1=C(CCC)OC2CCC. The molecular weight excluding hydrogens is 208 g/mol. The summed E-state index contributed by atoms with van der Waals surface area (Å²) in [6.07, 6.45) is 11.9. The Hall–Kier alpha value is -0.980. The van der Waals surface area contributed by atoms with Crippen LogP contribution in [0.5, 0.6) is 0 Å². The van der Waals surface area contributed by atoms with Crippen LogP contribution in [0.1, 0.15) is 59.3 Å². The van der Waals surface area contributed by atoms with Crippen LogP contribution in [0.15, 0.2) is 34.6 Å². The van der Waals surface area contributed by atoms with Crippen molar-refractivity contribution in [3.05, 3.63) is 34.6 Å². The second-order valence-electron chi connectivity index (χ2n) is 5.01. The van der Waals surface area contributed by atoms with Crippen molar-refractivity contribution in [2.24, 2.45) is 0 Å². The van der Waals surface area contributed by atoms with Crippen molar-refractivity contribution in [1.82, 2.24) is 0 Å². The van der Waals surface area contributed by atoms with Crippen LogP contribution < -0.4 is 0 Å². The summed E-state index contributed by atoms with van der Waals surface area (Å²) in [6.45, 7) is 6.71. The highest BCUT2D eigenvalue weighted by Crippen LogP contribution is 2.43. The lowest BCUT2D eigenvalue weighted by Crippen LogP contribution is -2.08. The fraction of sp³-hybridized carbons (Fsp3) is 0.625. The Kier molecular flexibility index (Phi) is 4.09. The Balaban J connectivity index is 2.21. The van der Waals surface area contributed by atoms with Crippen LogP contribution >= 0.6 is 0 Å². The van der Waals surface area contributed by atoms with Crippen molar-refractivity contribution in [3.63, 3.8) is 0 Å². The zero-order valence-corrected chi connectivity index (χ0v) is 11.4. The van der Waals surface area contributed by atoms with E-state index in [1.807, 2.05) is 0 Å². The van der Waals surface area contributed by atoms with Gasteiger partial charge in [0, 0.05) is 17.6 Å². The number of allylic oxidation sites excluding steroid dienone is 4. The molecule has 1 aliphatic carbocycles. The molecular formula is C16H24O. The first-order valence-corrected chi connectivity index (χ1v) is 7.13. The molecule has 0 aromatic heterocycles. The van der Waals surface area contributed by atoms with E-state index in [0.717, 1.165) is 12.8 Å². The van der Waals surface area contributed by atoms with E-state index < -0.39 is 0 Å². The third-order valence-corrected chi connectivity index (χ3v) is 3.53. The lowest BCUT2D eigenvalue weighted by Gasteiger charge is -2.12. The van der Waals surface area contributed by atoms with E-state index in [1.54, 1.807) is 0 Å². The Bertz CT molecular complexity index is 371. The van der Waals surface area contributed by atoms with Gasteiger partial charge in [-0.05, 0) is 24.8 Å². The van der Waals surface area contributed by atoms with Gasteiger partial charge in [-0.3, -0.25) is 0 Å². The van der Waals surface area contributed by atoms with Gasteiger partial charge in [0.1, 0.15) is 11.9 Å². The van der Waals surface area contributed by atoms with Crippen LogP contribution in [-0.4, -0.2) is 6.10 Å². The molecule has 0 saturated carbocycles. The molecule has 0 aromatic carbocycles. The Morgan fingerprint density at radius 3 is 2.41 bits per heavy atom. The lowest BCUT2D eigenvalue weighted by molar-refractivity contribution is 0.149. The maximum Gasteiger partial charge on any atom is 0.124 e. The van der Waals surface area contributed by atoms with Crippen molar-refractivity contribution in [2.45, 2.75) is 65.4 Å². The molecule has 1 nitrogen and oxygen atoms in total. The van der Waals surface area contributed by atoms with E-state index in [2.05, 4.69) is 32.9 Å². The van der Waals surface area contributed by atoms with Gasteiger partial charge in [0.05, 0.1) is 0 Å². The number of hydrogen-bond donors (Lipinski definition) is 0. The van der Waals surface area contributed by atoms with E-state index in [9.17, 15) is 0 Å². The van der Waals surface area contributed by atoms with Crippen LogP contribution in [0.3, 0.4) is 0 Å². The van der Waals surface area contributed by atoms with Crippen molar-refractivity contribution in [1.29, 1.82) is 0 Å². The zero-order valence-electron chi connectivity index (χ0n) is 11.4. The average molecular weight is 232 g/mol. The van der Waals surface area contributed by atoms with Crippen molar-refractivity contribution >= 4 is 0 Å². The summed E-state index contributed by atoms with van der Waals surface area (Å²) in [7, 11) is 0. The minimum atomic E-state index is 0.335. The number of hydrogen-bond acceptors (Lipinski definition) is 1. The standard InChI is InChI=1S/C16H24O/c1-4-7-12-10-11-13-14(8-5-2)17-15(9-6-3)16(12)13/h10-11,14H,4-9H2,1-3H3. The highest BCUT2D eigenvalue weighted by molar-refractivity contribution is 5.60. The summed E-state index contributed by atoms with van der Waals surface area (Å²) in [4.78, 5) is 0. The van der Waals surface area contributed by atoms with E-state index in [1.165, 1.54) is 48.2 Å². The van der Waals surface area contributed by atoms with Gasteiger partial charge in [0.15, 0.2) is 0 Å². The summed E-state index contributed by atoms with van der Waals surface area (Å²) in [5.41, 5.74) is 4.43. The van der Waals surface area contributed by atoms with E-state index >= 15 is 0 Å². The average Bonchev–Trinajstić information content (AvgIpc) is 2.85. The van der Waals surface area contributed by atoms with Crippen molar-refractivity contribution in [3.8, 4) is 0 Å². The predicted octanol–water partition coefficient (Wildman–Crippen LogP) is 4.91. The molecule has 2 rings (SSSR count). The van der Waals surface area contributed by atoms with Gasteiger partial charge in [0.2, 0.25) is 0 Å². The van der Waals surface area contributed by atoms with Crippen LogP contribution in [0.4, 0.5) is 0 Å². The van der Waals surface area contributed by atoms with Crippen LogP contribution in [0.2, 0.25) is 0 Å². The summed E-state index contributed by atoms with van der Waals surface area (Å²) < 4.78 is 6.16. The molecule has 1 heterocycles. The Morgan fingerprint density at radius 2 is 1.76 bits per heavy atom. The quantitative estimate of drug-likeness (QED) is 0.632. The van der Waals surface area contributed by atoms with E-state index in [0.29, 0.717) is 6.10 Å². The summed E-state index contributed by atoms with van der Waals surface area (Å²) in [5, 5.41) is 0. The molecule has 0 aromatic rings. The minimum Gasteiger partial charge on any atom is -0.489 e. The topological polar surface area (TPSA) is 9.23 Å². The summed E-state index contributed by atoms with van der Waals surface area (Å²) in [6, 6.07) is 0. The van der Waals surface area contributed by atoms with Crippen molar-refractivity contribution in [2.75, 3.05) is 0 Å². The van der Waals surface area contributed by atoms with Gasteiger partial charge < -0.3 is 4.74 Å². The van der Waals surface area contributed by atoms with Crippen LogP contribution in [0, 0.1) is 0 Å². The van der Waals surface area contributed by atoms with Gasteiger partial charge in [-0.15, -0.1) is 0 Å². The second kappa shape index (κ2) is 5.57. The molecule has 0 saturated heterocycles. The van der Waals surface area contributed by atoms with Gasteiger partial charge in [0.25, 0.3) is 0 Å². The molecule has 0 fully saturated rings. The van der Waals surface area contributed by atoms with Gasteiger partial charge in [-0.2, -0.15) is 0 Å². The molecule has 1 atom stereocenters. The normalized spacial score (nSPS) is 22.4. The smallest absolute Gasteiger partial charge is 0.124 e. The van der Waals surface area contributed by atoms with Crippen LogP contribution in [0.25, 0.3) is 0 Å².